The Morgan fingerprint density at radius 1 is 0.755 bits per heavy atom. The summed E-state index contributed by atoms with van der Waals surface area (Å²) >= 11 is 0. The molecule has 5 amide bonds. The molecule has 0 spiro atoms. The second-order valence-corrected chi connectivity index (χ2v) is 13.7. The fraction of sp³-hybridized carbons (Fsp3) is 0.333. The van der Waals surface area contributed by atoms with Gasteiger partial charge in [0.05, 0.1) is 6.42 Å². The number of carboxylic acids is 1. The van der Waals surface area contributed by atoms with E-state index >= 15 is 0 Å². The van der Waals surface area contributed by atoms with Crippen LogP contribution in [0.1, 0.15) is 43.9 Å². The van der Waals surface area contributed by atoms with Crippen LogP contribution in [0.3, 0.4) is 0 Å². The summed E-state index contributed by atoms with van der Waals surface area (Å²) in [4.78, 5) is 83.6. The Balaban J connectivity index is 1.63. The lowest BCUT2D eigenvalue weighted by Gasteiger charge is -2.32. The van der Waals surface area contributed by atoms with Gasteiger partial charge in [0.15, 0.2) is 0 Å². The van der Waals surface area contributed by atoms with Crippen LogP contribution in [0.2, 0.25) is 0 Å². The number of rotatable bonds is 16. The third-order valence-electron chi connectivity index (χ3n) is 8.43. The molecule has 4 aromatic rings. The number of nitrogens with zero attached hydrogens (tertiary/aromatic N) is 1. The number of carboxylic acid groups (broad SMARTS) is 1. The number of benzene rings is 3. The molecule has 4 atom stereocenters. The first-order valence-electron chi connectivity index (χ1n) is 17.1. The van der Waals surface area contributed by atoms with Gasteiger partial charge in [0.2, 0.25) is 23.6 Å². The van der Waals surface area contributed by atoms with Crippen molar-refractivity contribution in [2.24, 2.45) is 5.73 Å². The van der Waals surface area contributed by atoms with Crippen LogP contribution >= 0.6 is 0 Å². The van der Waals surface area contributed by atoms with Gasteiger partial charge in [0.1, 0.15) is 29.8 Å². The van der Waals surface area contributed by atoms with Crippen molar-refractivity contribution in [3.63, 3.8) is 0 Å². The molecule has 14 nitrogen and oxygen atoms in total. The highest BCUT2D eigenvalue weighted by molar-refractivity contribution is 5.97. The van der Waals surface area contributed by atoms with Crippen LogP contribution in [-0.4, -0.2) is 87.5 Å². The summed E-state index contributed by atoms with van der Waals surface area (Å²) in [6.07, 6.45) is 0.111. The van der Waals surface area contributed by atoms with Gasteiger partial charge in [0, 0.05) is 43.4 Å². The van der Waals surface area contributed by atoms with Gasteiger partial charge < -0.3 is 41.4 Å². The first-order valence-corrected chi connectivity index (χ1v) is 17.1. The van der Waals surface area contributed by atoms with Gasteiger partial charge in [-0.15, -0.1) is 0 Å². The first-order chi connectivity index (χ1) is 25.1. The Morgan fingerprint density at radius 3 is 1.91 bits per heavy atom. The van der Waals surface area contributed by atoms with Crippen molar-refractivity contribution >= 4 is 46.6 Å². The Kier molecular flexibility index (Phi) is 13.3. The highest BCUT2D eigenvalue weighted by Gasteiger charge is 2.36. The maximum atomic E-state index is 14.4. The number of hydrogen-bond donors (Lipinski definition) is 6. The Labute approximate surface area is 307 Å². The van der Waals surface area contributed by atoms with Crippen LogP contribution in [0.4, 0.5) is 4.79 Å². The van der Waals surface area contributed by atoms with Gasteiger partial charge in [-0.1, -0.05) is 78.9 Å². The first kappa shape index (κ1) is 39.6. The molecule has 0 saturated heterocycles. The van der Waals surface area contributed by atoms with E-state index in [0.717, 1.165) is 21.4 Å². The zero-order valence-electron chi connectivity index (χ0n) is 30.1. The van der Waals surface area contributed by atoms with E-state index in [2.05, 4.69) is 20.9 Å². The molecule has 0 aliphatic rings. The maximum absolute atomic E-state index is 14.4. The highest BCUT2D eigenvalue weighted by atomic mass is 16.6. The highest BCUT2D eigenvalue weighted by Crippen LogP contribution is 2.21. The summed E-state index contributed by atoms with van der Waals surface area (Å²) in [5.41, 5.74) is 7.62. The van der Waals surface area contributed by atoms with E-state index in [1.165, 1.54) is 7.05 Å². The third kappa shape index (κ3) is 11.7. The number of fused-ring (bicyclic) bond motifs is 1. The number of aliphatic carboxylic acids is 1. The van der Waals surface area contributed by atoms with Gasteiger partial charge in [-0.3, -0.25) is 24.0 Å². The number of aromatic amines is 1. The molecule has 0 fully saturated rings. The standard InChI is InChI=1S/C39H46N6O8/c1-39(2,3)53-38(52)44-31(21-26-23-41-28-18-12-11-17-27(26)28)37(51)45(4)32(20-25-15-9-6-10-16-25)36(50)43-30(22-33(46)47)35(49)42-29(34(40)48)19-24-13-7-5-8-14-24/h5-18,23,29-32,41H,19-22H2,1-4H3,(H2,40,48)(H,42,49)(H,43,50)(H,44,52)(H,46,47)/t29-,30-,31-,32-/m0/s1. The number of hydrogen-bond acceptors (Lipinski definition) is 7. The Morgan fingerprint density at radius 2 is 1.32 bits per heavy atom. The van der Waals surface area contributed by atoms with Crippen molar-refractivity contribution in [2.75, 3.05) is 7.05 Å². The van der Waals surface area contributed by atoms with Crippen LogP contribution in [0, 0.1) is 0 Å². The number of nitrogens with one attached hydrogen (secondary N) is 4. The fourth-order valence-electron chi connectivity index (χ4n) is 5.81. The molecule has 0 unspecified atom stereocenters. The lowest BCUT2D eigenvalue weighted by Crippen LogP contribution is -2.59. The number of nitrogens with two attached hydrogens (primary N) is 1. The Bertz CT molecular complexity index is 1910. The van der Waals surface area contributed by atoms with Gasteiger partial charge in [-0.2, -0.15) is 0 Å². The van der Waals surface area contributed by atoms with E-state index in [9.17, 15) is 33.9 Å². The van der Waals surface area contributed by atoms with E-state index in [1.54, 1.807) is 87.6 Å². The van der Waals surface area contributed by atoms with Gasteiger partial charge in [-0.25, -0.2) is 4.79 Å². The van der Waals surface area contributed by atoms with Crippen LogP contribution < -0.4 is 21.7 Å². The molecule has 0 bridgehead atoms. The molecule has 0 aliphatic carbocycles. The van der Waals surface area contributed by atoms with Crippen molar-refractivity contribution in [3.05, 3.63) is 108 Å². The number of carbonyl (C=O) groups excluding carboxylic acids is 5. The zero-order chi connectivity index (χ0) is 38.7. The third-order valence-corrected chi connectivity index (χ3v) is 8.43. The van der Waals surface area contributed by atoms with Crippen LogP contribution in [-0.2, 0) is 48.0 Å². The van der Waals surface area contributed by atoms with E-state index < -0.39 is 71.9 Å². The number of H-pyrrole nitrogens is 1. The molecule has 0 saturated carbocycles. The molecular formula is C39H46N6O8. The summed E-state index contributed by atoms with van der Waals surface area (Å²) in [6, 6.07) is 19.7. The normalized spacial score (nSPS) is 13.5. The number of ether oxygens (including phenoxy) is 1. The van der Waals surface area contributed by atoms with E-state index in [4.69, 9.17) is 10.5 Å². The minimum absolute atomic E-state index is 0.0273. The molecule has 53 heavy (non-hydrogen) atoms. The lowest BCUT2D eigenvalue weighted by atomic mass is 10.00. The maximum Gasteiger partial charge on any atom is 0.408 e. The summed E-state index contributed by atoms with van der Waals surface area (Å²) in [7, 11) is 1.39. The molecule has 280 valence electrons. The quantitative estimate of drug-likeness (QED) is 0.101. The van der Waals surface area contributed by atoms with E-state index in [-0.39, 0.29) is 19.3 Å². The molecular weight excluding hydrogens is 680 g/mol. The fourth-order valence-corrected chi connectivity index (χ4v) is 5.81. The summed E-state index contributed by atoms with van der Waals surface area (Å²) in [6.45, 7) is 5.06. The smallest absolute Gasteiger partial charge is 0.408 e. The predicted molar refractivity (Wildman–Crippen MR) is 197 cm³/mol. The van der Waals surface area contributed by atoms with Crippen molar-refractivity contribution < 1.29 is 38.6 Å². The van der Waals surface area contributed by atoms with Gasteiger partial charge >= 0.3 is 12.1 Å². The van der Waals surface area contributed by atoms with E-state index in [1.807, 2.05) is 24.3 Å². The topological polar surface area (TPSA) is 213 Å². The SMILES string of the molecule is CN(C(=O)[C@H](Cc1c[nH]c2ccccc12)NC(=O)OC(C)(C)C)[C@@H](Cc1ccccc1)C(=O)N[C@@H](CC(=O)O)C(=O)N[C@@H](Cc1ccccc1)C(N)=O. The average molecular weight is 727 g/mol. The number of para-hydroxylation sites is 1. The van der Waals surface area contributed by atoms with Gasteiger partial charge in [0.25, 0.3) is 0 Å². The summed E-state index contributed by atoms with van der Waals surface area (Å²) < 4.78 is 5.47. The van der Waals surface area contributed by atoms with Crippen LogP contribution in [0.25, 0.3) is 10.9 Å². The molecule has 7 N–H and O–H groups in total. The second kappa shape index (κ2) is 17.8. The monoisotopic (exact) mass is 726 g/mol. The minimum Gasteiger partial charge on any atom is -0.481 e. The number of amides is 5. The minimum atomic E-state index is -1.64. The zero-order valence-corrected chi connectivity index (χ0v) is 30.1. The second-order valence-electron chi connectivity index (χ2n) is 13.7. The molecule has 14 heteroatoms. The molecule has 3 aromatic carbocycles. The largest absolute Gasteiger partial charge is 0.481 e. The van der Waals surface area contributed by atoms with Crippen molar-refractivity contribution in [1.82, 2.24) is 25.8 Å². The summed E-state index contributed by atoms with van der Waals surface area (Å²) in [5, 5.41) is 18.2. The summed E-state index contributed by atoms with van der Waals surface area (Å²) in [5.74, 6) is -4.68. The Hall–Kier alpha value is -6.18. The number of alkyl carbamates (subject to hydrolysis) is 1. The number of primary amides is 1. The van der Waals surface area contributed by atoms with Crippen molar-refractivity contribution in [1.29, 1.82) is 0 Å². The lowest BCUT2D eigenvalue weighted by molar-refractivity contribution is -0.143. The van der Waals surface area contributed by atoms with Crippen molar-refractivity contribution in [2.45, 2.75) is 76.2 Å². The molecule has 1 heterocycles. The number of aromatic nitrogens is 1. The van der Waals surface area contributed by atoms with Crippen LogP contribution in [0.5, 0.6) is 0 Å². The van der Waals surface area contributed by atoms with Crippen molar-refractivity contribution in [3.8, 4) is 0 Å². The van der Waals surface area contributed by atoms with E-state index in [0.29, 0.717) is 11.1 Å². The molecule has 0 radical (unpaired) electrons. The predicted octanol–water partition coefficient (Wildman–Crippen LogP) is 2.85. The van der Waals surface area contributed by atoms with Crippen LogP contribution in [0.15, 0.2) is 91.1 Å². The molecule has 0 aliphatic heterocycles. The number of carbonyl (C=O) groups is 6. The number of likely N-dealkylation sites (N-methyl/N-ethyl adjacent to an activating group) is 1. The van der Waals surface area contributed by atoms with Gasteiger partial charge in [-0.05, 0) is 43.5 Å². The average Bonchev–Trinajstić information content (AvgIpc) is 3.51. The molecule has 1 aromatic heterocycles. The molecule has 4 rings (SSSR count).